The van der Waals surface area contributed by atoms with Gasteiger partial charge in [0.05, 0.1) is 0 Å². The summed E-state index contributed by atoms with van der Waals surface area (Å²) < 4.78 is 2.58. The molecule has 1 aromatic carbocycles. The zero-order valence-electron chi connectivity index (χ0n) is 14.5. The van der Waals surface area contributed by atoms with Crippen LogP contribution in [0.3, 0.4) is 0 Å². The molecule has 3 rings (SSSR count). The van der Waals surface area contributed by atoms with Crippen molar-refractivity contribution in [2.75, 3.05) is 0 Å². The molecule has 0 spiro atoms. The number of rotatable bonds is 2. The summed E-state index contributed by atoms with van der Waals surface area (Å²) in [6, 6.07) is 8.88. The van der Waals surface area contributed by atoms with Gasteiger partial charge in [-0.2, -0.15) is 0 Å². The Morgan fingerprint density at radius 3 is 2.17 bits per heavy atom. The van der Waals surface area contributed by atoms with E-state index in [9.17, 15) is 0 Å². The molecule has 0 saturated heterocycles. The van der Waals surface area contributed by atoms with Gasteiger partial charge in [-0.1, -0.05) is 0 Å². The fourth-order valence-corrected chi connectivity index (χ4v) is 5.27. The van der Waals surface area contributed by atoms with Gasteiger partial charge in [0.25, 0.3) is 0 Å². The van der Waals surface area contributed by atoms with Crippen LogP contribution in [-0.2, 0) is 10.8 Å². The van der Waals surface area contributed by atoms with Crippen LogP contribution in [0.25, 0.3) is 0 Å². The Labute approximate surface area is 151 Å². The first-order valence-corrected chi connectivity index (χ1v) is 10.2. The second-order valence-electron chi connectivity index (χ2n) is 7.85. The molecule has 0 fully saturated rings. The van der Waals surface area contributed by atoms with Crippen molar-refractivity contribution in [3.05, 3.63) is 52.2 Å². The van der Waals surface area contributed by atoms with Crippen molar-refractivity contribution in [3.63, 3.8) is 0 Å². The second-order valence-corrected chi connectivity index (χ2v) is 10.5. The van der Waals surface area contributed by atoms with E-state index in [4.69, 9.17) is 11.6 Å². The summed E-state index contributed by atoms with van der Waals surface area (Å²) in [5.41, 5.74) is 5.00. The summed E-state index contributed by atoms with van der Waals surface area (Å²) in [5.74, 6) is 0. The van der Waals surface area contributed by atoms with Crippen molar-refractivity contribution in [3.8, 4) is 0 Å². The van der Waals surface area contributed by atoms with Crippen molar-refractivity contribution in [2.24, 2.45) is 0 Å². The molecule has 0 unspecified atom stereocenters. The third kappa shape index (κ3) is 3.36. The van der Waals surface area contributed by atoms with E-state index >= 15 is 0 Å². The van der Waals surface area contributed by atoms with Crippen LogP contribution in [0.5, 0.6) is 0 Å². The van der Waals surface area contributed by atoms with Crippen LogP contribution in [-0.4, -0.2) is 19.9 Å². The zero-order chi connectivity index (χ0) is 16.8. The average Bonchev–Trinajstić information content (AvgIpc) is 2.48. The molecule has 1 aromatic heterocycles. The molecule has 1 aliphatic carbocycles. The Bertz CT molecular complexity index is 732. The summed E-state index contributed by atoms with van der Waals surface area (Å²) in [6.45, 7) is 11.8. The van der Waals surface area contributed by atoms with E-state index in [1.807, 2.05) is 6.07 Å². The van der Waals surface area contributed by atoms with Crippen molar-refractivity contribution in [1.82, 2.24) is 4.98 Å². The monoisotopic (exact) mass is 393 g/mol. The van der Waals surface area contributed by atoms with Crippen LogP contribution < -0.4 is 9.05 Å². The molecule has 0 amide bonds. The van der Waals surface area contributed by atoms with Gasteiger partial charge in [-0.05, 0) is 0 Å². The zero-order valence-corrected chi connectivity index (χ0v) is 17.0. The topological polar surface area (TPSA) is 12.9 Å². The van der Waals surface area contributed by atoms with Crippen molar-refractivity contribution < 1.29 is 0 Å². The molecule has 1 aliphatic rings. The van der Waals surface area contributed by atoms with Crippen LogP contribution >= 0.6 is 11.6 Å². The van der Waals surface area contributed by atoms with Crippen molar-refractivity contribution in [1.29, 1.82) is 0 Å². The molecule has 0 atom stereocenters. The van der Waals surface area contributed by atoms with Crippen molar-refractivity contribution in [2.45, 2.75) is 58.3 Å². The number of aromatic nitrogens is 1. The second kappa shape index (κ2) is 5.92. The normalized spacial score (nSPS) is 18.5. The molecule has 2 aromatic rings. The minimum absolute atomic E-state index is 0.224. The molecule has 0 N–H and O–H groups in total. The Balaban J connectivity index is 2.05. The Hall–Kier alpha value is -0.821. The quantitative estimate of drug-likeness (QED) is 0.703. The number of nitrogens with zero attached hydrogens (tertiary/aromatic N) is 1. The number of halogens is 1. The van der Waals surface area contributed by atoms with Gasteiger partial charge in [-0.3, -0.25) is 0 Å². The standard InChI is InChI=1S/C20H24ClNSe/c1-13-10-15-16(20(4,5)9-8-19(15,2)3)11-17(13)23-18-7-6-14(21)12-22-18/h6-7,10-12H,8-9H2,1-5H3. The average molecular weight is 393 g/mol. The fraction of sp³-hybridized carbons (Fsp3) is 0.450. The summed E-state index contributed by atoms with van der Waals surface area (Å²) >= 11 is 6.18. The summed E-state index contributed by atoms with van der Waals surface area (Å²) in [7, 11) is 0. The molecule has 0 radical (unpaired) electrons. The van der Waals surface area contributed by atoms with E-state index in [1.165, 1.54) is 34.0 Å². The fourth-order valence-electron chi connectivity index (χ4n) is 3.35. The first-order chi connectivity index (χ1) is 10.7. The molecule has 0 bridgehead atoms. The van der Waals surface area contributed by atoms with Gasteiger partial charge < -0.3 is 0 Å². The van der Waals surface area contributed by atoms with Gasteiger partial charge in [0.15, 0.2) is 0 Å². The first-order valence-electron chi connectivity index (χ1n) is 8.14. The summed E-state index contributed by atoms with van der Waals surface area (Å²) in [5, 5.41) is 0.703. The molecular weight excluding hydrogens is 369 g/mol. The maximum atomic E-state index is 5.95. The van der Waals surface area contributed by atoms with Gasteiger partial charge in [-0.25, -0.2) is 0 Å². The van der Waals surface area contributed by atoms with Gasteiger partial charge in [0, 0.05) is 0 Å². The SMILES string of the molecule is Cc1cc2c(cc1[Se]c1ccc(Cl)cn1)C(C)(C)CCC2(C)C. The number of hydrogen-bond donors (Lipinski definition) is 0. The minimum atomic E-state index is 0.224. The van der Waals surface area contributed by atoms with Gasteiger partial charge in [0.1, 0.15) is 0 Å². The predicted molar refractivity (Wildman–Crippen MR) is 101 cm³/mol. The van der Waals surface area contributed by atoms with Crippen LogP contribution in [0.4, 0.5) is 0 Å². The molecule has 3 heteroatoms. The van der Waals surface area contributed by atoms with E-state index in [0.29, 0.717) is 5.02 Å². The number of fused-ring (bicyclic) bond motifs is 1. The van der Waals surface area contributed by atoms with E-state index in [2.05, 4.69) is 57.8 Å². The van der Waals surface area contributed by atoms with Crippen molar-refractivity contribution >= 4 is 35.6 Å². The van der Waals surface area contributed by atoms with E-state index in [-0.39, 0.29) is 25.8 Å². The van der Waals surface area contributed by atoms with Crippen LogP contribution in [0.15, 0.2) is 30.5 Å². The van der Waals surface area contributed by atoms with E-state index in [0.717, 1.165) is 4.59 Å². The molecule has 1 heterocycles. The van der Waals surface area contributed by atoms with Gasteiger partial charge in [0.2, 0.25) is 0 Å². The summed E-state index contributed by atoms with van der Waals surface area (Å²) in [6.07, 6.45) is 4.26. The molecule has 1 nitrogen and oxygen atoms in total. The molecule has 0 aliphatic heterocycles. The molecular formula is C20H24ClNSe. The third-order valence-electron chi connectivity index (χ3n) is 5.06. The Morgan fingerprint density at radius 1 is 1.00 bits per heavy atom. The molecule has 0 saturated carbocycles. The summed E-state index contributed by atoms with van der Waals surface area (Å²) in [4.78, 5) is 4.49. The number of pyridine rings is 1. The number of benzene rings is 1. The number of aryl methyl sites for hydroxylation is 1. The van der Waals surface area contributed by atoms with Gasteiger partial charge >= 0.3 is 151 Å². The van der Waals surface area contributed by atoms with Crippen LogP contribution in [0.1, 0.15) is 57.2 Å². The van der Waals surface area contributed by atoms with E-state index < -0.39 is 0 Å². The first kappa shape index (κ1) is 17.0. The van der Waals surface area contributed by atoms with Gasteiger partial charge in [-0.15, -0.1) is 0 Å². The Morgan fingerprint density at radius 2 is 1.61 bits per heavy atom. The molecule has 23 heavy (non-hydrogen) atoms. The van der Waals surface area contributed by atoms with Crippen LogP contribution in [0, 0.1) is 6.92 Å². The maximum absolute atomic E-state index is 5.95. The predicted octanol–water partition coefficient (Wildman–Crippen LogP) is 4.05. The van der Waals surface area contributed by atoms with Crippen LogP contribution in [0.2, 0.25) is 5.02 Å². The third-order valence-corrected chi connectivity index (χ3v) is 7.62. The number of hydrogen-bond acceptors (Lipinski definition) is 1. The van der Waals surface area contributed by atoms with E-state index in [1.54, 1.807) is 6.20 Å². The molecule has 122 valence electrons. The Kier molecular flexibility index (Phi) is 4.38.